The number of nitrogens with two attached hydrogens (primary N) is 1. The Hall–Kier alpha value is -2.63. The summed E-state index contributed by atoms with van der Waals surface area (Å²) in [6.45, 7) is 2.96. The van der Waals surface area contributed by atoms with Crippen LogP contribution in [0.1, 0.15) is 10.5 Å². The standard InChI is InChI=1S/C15H17N5O/c16-12-1-3-13(4-2-12)19-7-9-20(10-8-19)15(21)14-11-17-5-6-18-14/h1-6,11H,7-10,16H2. The molecule has 0 saturated carbocycles. The molecule has 2 heterocycles. The van der Waals surface area contributed by atoms with Crippen molar-refractivity contribution >= 4 is 17.3 Å². The van der Waals surface area contributed by atoms with E-state index in [0.29, 0.717) is 18.8 Å². The number of anilines is 2. The lowest BCUT2D eigenvalue weighted by Gasteiger charge is -2.36. The number of amides is 1. The minimum absolute atomic E-state index is 0.0555. The van der Waals surface area contributed by atoms with Crippen LogP contribution in [-0.2, 0) is 0 Å². The van der Waals surface area contributed by atoms with E-state index in [2.05, 4.69) is 14.9 Å². The number of benzene rings is 1. The molecule has 6 nitrogen and oxygen atoms in total. The lowest BCUT2D eigenvalue weighted by atomic mass is 10.2. The second-order valence-corrected chi connectivity index (χ2v) is 4.96. The van der Waals surface area contributed by atoms with E-state index >= 15 is 0 Å². The summed E-state index contributed by atoms with van der Waals surface area (Å²) < 4.78 is 0. The summed E-state index contributed by atoms with van der Waals surface area (Å²) in [4.78, 5) is 24.3. The maximum absolute atomic E-state index is 12.3. The predicted molar refractivity (Wildman–Crippen MR) is 81.0 cm³/mol. The van der Waals surface area contributed by atoms with E-state index in [4.69, 9.17) is 5.73 Å². The smallest absolute Gasteiger partial charge is 0.274 e. The van der Waals surface area contributed by atoms with Crippen molar-refractivity contribution in [3.05, 3.63) is 48.5 Å². The molecule has 3 rings (SSSR count). The molecule has 0 spiro atoms. The van der Waals surface area contributed by atoms with E-state index in [9.17, 15) is 4.79 Å². The second kappa shape index (κ2) is 5.78. The Morgan fingerprint density at radius 2 is 1.76 bits per heavy atom. The average molecular weight is 283 g/mol. The lowest BCUT2D eigenvalue weighted by molar-refractivity contribution is 0.0740. The molecule has 1 fully saturated rings. The van der Waals surface area contributed by atoms with Gasteiger partial charge >= 0.3 is 0 Å². The number of carbonyl (C=O) groups excluding carboxylic acids is 1. The number of aromatic nitrogens is 2. The molecule has 2 aromatic rings. The Morgan fingerprint density at radius 1 is 1.05 bits per heavy atom. The molecule has 21 heavy (non-hydrogen) atoms. The van der Waals surface area contributed by atoms with Crippen LogP contribution in [0.15, 0.2) is 42.9 Å². The van der Waals surface area contributed by atoms with Crippen LogP contribution in [0.3, 0.4) is 0 Å². The third kappa shape index (κ3) is 2.94. The summed E-state index contributed by atoms with van der Waals surface area (Å²) in [5.74, 6) is -0.0555. The van der Waals surface area contributed by atoms with Crippen molar-refractivity contribution in [1.82, 2.24) is 14.9 Å². The summed E-state index contributed by atoms with van der Waals surface area (Å²) in [7, 11) is 0. The first-order chi connectivity index (χ1) is 10.2. The van der Waals surface area contributed by atoms with Crippen molar-refractivity contribution in [1.29, 1.82) is 0 Å². The van der Waals surface area contributed by atoms with Gasteiger partial charge in [0.15, 0.2) is 0 Å². The van der Waals surface area contributed by atoms with Crippen LogP contribution in [-0.4, -0.2) is 47.0 Å². The zero-order chi connectivity index (χ0) is 14.7. The summed E-state index contributed by atoms with van der Waals surface area (Å²) in [6.07, 6.45) is 4.61. The van der Waals surface area contributed by atoms with Crippen LogP contribution in [0.2, 0.25) is 0 Å². The number of piperazine rings is 1. The molecule has 0 atom stereocenters. The molecule has 1 aromatic carbocycles. The highest BCUT2D eigenvalue weighted by Gasteiger charge is 2.23. The van der Waals surface area contributed by atoms with Gasteiger partial charge in [0.1, 0.15) is 5.69 Å². The number of hydrogen-bond acceptors (Lipinski definition) is 5. The van der Waals surface area contributed by atoms with Crippen LogP contribution in [0.25, 0.3) is 0 Å². The molecule has 6 heteroatoms. The molecule has 108 valence electrons. The van der Waals surface area contributed by atoms with Crippen molar-refractivity contribution in [3.8, 4) is 0 Å². The van der Waals surface area contributed by atoms with Gasteiger partial charge in [0.2, 0.25) is 0 Å². The van der Waals surface area contributed by atoms with Crippen molar-refractivity contribution < 1.29 is 4.79 Å². The van der Waals surface area contributed by atoms with Gasteiger partial charge < -0.3 is 15.5 Å². The molecule has 1 aliphatic heterocycles. The number of rotatable bonds is 2. The number of carbonyl (C=O) groups is 1. The predicted octanol–water partition coefficient (Wildman–Crippen LogP) is 1.02. The fourth-order valence-corrected chi connectivity index (χ4v) is 2.42. The number of nitrogens with zero attached hydrogens (tertiary/aromatic N) is 4. The molecule has 2 N–H and O–H groups in total. The molecular weight excluding hydrogens is 266 g/mol. The normalized spacial score (nSPS) is 15.0. The monoisotopic (exact) mass is 283 g/mol. The maximum atomic E-state index is 12.3. The lowest BCUT2D eigenvalue weighted by Crippen LogP contribution is -2.49. The van der Waals surface area contributed by atoms with Crippen molar-refractivity contribution in [3.63, 3.8) is 0 Å². The molecule has 1 amide bonds. The van der Waals surface area contributed by atoms with Gasteiger partial charge in [-0.2, -0.15) is 0 Å². The third-order valence-electron chi connectivity index (χ3n) is 3.61. The van der Waals surface area contributed by atoms with E-state index < -0.39 is 0 Å². The first-order valence-electron chi connectivity index (χ1n) is 6.90. The SMILES string of the molecule is Nc1ccc(N2CCN(C(=O)c3cnccn3)CC2)cc1. The zero-order valence-electron chi connectivity index (χ0n) is 11.6. The quantitative estimate of drug-likeness (QED) is 0.833. The van der Waals surface area contributed by atoms with Gasteiger partial charge in [-0.3, -0.25) is 9.78 Å². The van der Waals surface area contributed by atoms with Gasteiger partial charge in [-0.25, -0.2) is 4.98 Å². The first-order valence-corrected chi connectivity index (χ1v) is 6.90. The van der Waals surface area contributed by atoms with Gasteiger partial charge in [0, 0.05) is 49.9 Å². The third-order valence-corrected chi connectivity index (χ3v) is 3.61. The summed E-state index contributed by atoms with van der Waals surface area (Å²) in [6, 6.07) is 7.81. The van der Waals surface area contributed by atoms with E-state index in [0.717, 1.165) is 24.5 Å². The maximum Gasteiger partial charge on any atom is 0.274 e. The summed E-state index contributed by atoms with van der Waals surface area (Å²) >= 11 is 0. The topological polar surface area (TPSA) is 75.3 Å². The summed E-state index contributed by atoms with van der Waals surface area (Å²) in [5.41, 5.74) is 7.99. The highest BCUT2D eigenvalue weighted by atomic mass is 16.2. The molecule has 0 aliphatic carbocycles. The summed E-state index contributed by atoms with van der Waals surface area (Å²) in [5, 5.41) is 0. The Morgan fingerprint density at radius 3 is 2.38 bits per heavy atom. The molecule has 1 saturated heterocycles. The highest BCUT2D eigenvalue weighted by molar-refractivity contribution is 5.92. The Labute approximate surface area is 123 Å². The Bertz CT molecular complexity index is 606. The van der Waals surface area contributed by atoms with Crippen LogP contribution in [0, 0.1) is 0 Å². The zero-order valence-corrected chi connectivity index (χ0v) is 11.6. The molecule has 1 aliphatic rings. The first kappa shape index (κ1) is 13.4. The molecule has 0 radical (unpaired) electrons. The molecular formula is C15H17N5O. The van der Waals surface area contributed by atoms with Gasteiger partial charge in [-0.05, 0) is 24.3 Å². The fraction of sp³-hybridized carbons (Fsp3) is 0.267. The Kier molecular flexibility index (Phi) is 3.68. The van der Waals surface area contributed by atoms with Gasteiger partial charge in [0.25, 0.3) is 5.91 Å². The van der Waals surface area contributed by atoms with E-state index in [1.807, 2.05) is 29.2 Å². The van der Waals surface area contributed by atoms with Crippen molar-refractivity contribution in [2.75, 3.05) is 36.8 Å². The fourth-order valence-electron chi connectivity index (χ4n) is 2.42. The van der Waals surface area contributed by atoms with Crippen molar-refractivity contribution in [2.24, 2.45) is 0 Å². The number of nitrogen functional groups attached to an aromatic ring is 1. The van der Waals surface area contributed by atoms with E-state index in [1.165, 1.54) is 12.4 Å². The van der Waals surface area contributed by atoms with E-state index in [-0.39, 0.29) is 5.91 Å². The second-order valence-electron chi connectivity index (χ2n) is 4.96. The highest BCUT2D eigenvalue weighted by Crippen LogP contribution is 2.18. The minimum atomic E-state index is -0.0555. The molecule has 0 bridgehead atoms. The van der Waals surface area contributed by atoms with Gasteiger partial charge in [-0.1, -0.05) is 0 Å². The van der Waals surface area contributed by atoms with Crippen LogP contribution in [0.5, 0.6) is 0 Å². The number of hydrogen-bond donors (Lipinski definition) is 1. The minimum Gasteiger partial charge on any atom is -0.399 e. The van der Waals surface area contributed by atoms with Gasteiger partial charge in [0.05, 0.1) is 6.20 Å². The van der Waals surface area contributed by atoms with Crippen LogP contribution in [0.4, 0.5) is 11.4 Å². The average Bonchev–Trinajstić information content (AvgIpc) is 2.56. The Balaban J connectivity index is 1.63. The van der Waals surface area contributed by atoms with Gasteiger partial charge in [-0.15, -0.1) is 0 Å². The molecule has 0 unspecified atom stereocenters. The van der Waals surface area contributed by atoms with E-state index in [1.54, 1.807) is 6.20 Å². The largest absolute Gasteiger partial charge is 0.399 e. The van der Waals surface area contributed by atoms with Crippen LogP contribution < -0.4 is 10.6 Å². The van der Waals surface area contributed by atoms with Crippen LogP contribution >= 0.6 is 0 Å². The van der Waals surface area contributed by atoms with Crippen molar-refractivity contribution in [2.45, 2.75) is 0 Å². The molecule has 1 aromatic heterocycles.